The molecule has 25 heavy (non-hydrogen) atoms. The van der Waals surface area contributed by atoms with Gasteiger partial charge in [-0.25, -0.2) is 0 Å². The highest BCUT2D eigenvalue weighted by Crippen LogP contribution is 2.22. The van der Waals surface area contributed by atoms with Gasteiger partial charge in [0.1, 0.15) is 0 Å². The van der Waals surface area contributed by atoms with Crippen molar-refractivity contribution in [3.63, 3.8) is 0 Å². The SMILES string of the molecule is NCc1ccccc1SCCNCc1cncc(-c2ccccc2)c1. The van der Waals surface area contributed by atoms with Gasteiger partial charge in [-0.2, -0.15) is 0 Å². The van der Waals surface area contributed by atoms with Crippen LogP contribution in [0.3, 0.4) is 0 Å². The summed E-state index contributed by atoms with van der Waals surface area (Å²) >= 11 is 1.85. The fourth-order valence-electron chi connectivity index (χ4n) is 2.65. The van der Waals surface area contributed by atoms with Gasteiger partial charge in [-0.05, 0) is 28.8 Å². The van der Waals surface area contributed by atoms with Crippen LogP contribution in [-0.4, -0.2) is 17.3 Å². The first-order chi connectivity index (χ1) is 12.4. The average molecular weight is 350 g/mol. The molecular formula is C21H23N3S. The van der Waals surface area contributed by atoms with E-state index in [4.69, 9.17) is 5.73 Å². The van der Waals surface area contributed by atoms with Crippen LogP contribution in [0.1, 0.15) is 11.1 Å². The minimum absolute atomic E-state index is 0.592. The molecule has 2 aromatic carbocycles. The van der Waals surface area contributed by atoms with E-state index in [1.54, 1.807) is 0 Å². The van der Waals surface area contributed by atoms with Crippen molar-refractivity contribution in [2.75, 3.05) is 12.3 Å². The molecule has 0 aliphatic rings. The van der Waals surface area contributed by atoms with E-state index in [1.165, 1.54) is 21.6 Å². The first kappa shape index (κ1) is 17.7. The number of rotatable bonds is 8. The molecule has 128 valence electrons. The van der Waals surface area contributed by atoms with Crippen molar-refractivity contribution in [1.82, 2.24) is 10.3 Å². The molecule has 0 radical (unpaired) electrons. The molecule has 0 bridgehead atoms. The van der Waals surface area contributed by atoms with Crippen molar-refractivity contribution in [3.8, 4) is 11.1 Å². The number of thioether (sulfide) groups is 1. The lowest BCUT2D eigenvalue weighted by Crippen LogP contribution is -2.16. The molecular weight excluding hydrogens is 326 g/mol. The largest absolute Gasteiger partial charge is 0.326 e. The Morgan fingerprint density at radius 1 is 0.920 bits per heavy atom. The summed E-state index contributed by atoms with van der Waals surface area (Å²) < 4.78 is 0. The van der Waals surface area contributed by atoms with E-state index in [9.17, 15) is 0 Å². The van der Waals surface area contributed by atoms with E-state index < -0.39 is 0 Å². The van der Waals surface area contributed by atoms with E-state index in [1.807, 2.05) is 36.3 Å². The van der Waals surface area contributed by atoms with E-state index >= 15 is 0 Å². The van der Waals surface area contributed by atoms with Gasteiger partial charge in [-0.3, -0.25) is 4.98 Å². The molecule has 1 aromatic heterocycles. The minimum atomic E-state index is 0.592. The Labute approximate surface area is 153 Å². The summed E-state index contributed by atoms with van der Waals surface area (Å²) in [6.45, 7) is 2.36. The van der Waals surface area contributed by atoms with Crippen LogP contribution in [0, 0.1) is 0 Å². The highest BCUT2D eigenvalue weighted by atomic mass is 32.2. The Hall–Kier alpha value is -2.14. The van der Waals surface area contributed by atoms with Crippen LogP contribution in [-0.2, 0) is 13.1 Å². The normalized spacial score (nSPS) is 10.8. The van der Waals surface area contributed by atoms with Gasteiger partial charge in [-0.15, -0.1) is 11.8 Å². The Bertz CT molecular complexity index is 790. The van der Waals surface area contributed by atoms with Gasteiger partial charge < -0.3 is 11.1 Å². The zero-order valence-electron chi connectivity index (χ0n) is 14.2. The maximum Gasteiger partial charge on any atom is 0.0346 e. The fraction of sp³-hybridized carbons (Fsp3) is 0.190. The second-order valence-electron chi connectivity index (χ2n) is 5.78. The Morgan fingerprint density at radius 3 is 2.56 bits per heavy atom. The molecule has 0 aliphatic carbocycles. The van der Waals surface area contributed by atoms with E-state index in [2.05, 4.69) is 58.8 Å². The molecule has 3 rings (SSSR count). The standard InChI is InChI=1S/C21H23N3S/c22-13-19-8-4-5-9-21(19)25-11-10-23-14-17-12-20(16-24-15-17)18-6-2-1-3-7-18/h1-9,12,15-16,23H,10-11,13-14,22H2. The van der Waals surface area contributed by atoms with Crippen LogP contribution >= 0.6 is 11.8 Å². The van der Waals surface area contributed by atoms with Gasteiger partial charge in [0.25, 0.3) is 0 Å². The maximum atomic E-state index is 5.78. The molecule has 3 nitrogen and oxygen atoms in total. The van der Waals surface area contributed by atoms with Crippen LogP contribution in [0.4, 0.5) is 0 Å². The number of nitrogens with zero attached hydrogens (tertiary/aromatic N) is 1. The summed E-state index contributed by atoms with van der Waals surface area (Å²) in [5.41, 5.74) is 10.6. The Kier molecular flexibility index (Phi) is 6.63. The third kappa shape index (κ3) is 5.16. The zero-order chi connectivity index (χ0) is 17.3. The predicted molar refractivity (Wildman–Crippen MR) is 106 cm³/mol. The molecule has 3 aromatic rings. The molecule has 4 heteroatoms. The van der Waals surface area contributed by atoms with Crippen molar-refractivity contribution < 1.29 is 0 Å². The van der Waals surface area contributed by atoms with Crippen LogP contribution < -0.4 is 11.1 Å². The summed E-state index contributed by atoms with van der Waals surface area (Å²) in [6.07, 6.45) is 3.84. The number of nitrogens with one attached hydrogen (secondary N) is 1. The number of hydrogen-bond donors (Lipinski definition) is 2. The fourth-order valence-corrected chi connectivity index (χ4v) is 3.63. The van der Waals surface area contributed by atoms with E-state index in [0.29, 0.717) is 6.54 Å². The maximum absolute atomic E-state index is 5.78. The second kappa shape index (κ2) is 9.37. The first-order valence-electron chi connectivity index (χ1n) is 8.47. The lowest BCUT2D eigenvalue weighted by atomic mass is 10.1. The van der Waals surface area contributed by atoms with E-state index in [-0.39, 0.29) is 0 Å². The molecule has 0 spiro atoms. The third-order valence-electron chi connectivity index (χ3n) is 3.96. The van der Waals surface area contributed by atoms with Gasteiger partial charge in [0.15, 0.2) is 0 Å². The van der Waals surface area contributed by atoms with E-state index in [0.717, 1.165) is 24.4 Å². The van der Waals surface area contributed by atoms with Crippen molar-refractivity contribution in [2.24, 2.45) is 5.73 Å². The summed E-state index contributed by atoms with van der Waals surface area (Å²) in [5.74, 6) is 1.02. The average Bonchev–Trinajstić information content (AvgIpc) is 2.69. The molecule has 0 atom stereocenters. The van der Waals surface area contributed by atoms with Crippen molar-refractivity contribution in [3.05, 3.63) is 84.2 Å². The molecule has 3 N–H and O–H groups in total. The molecule has 1 heterocycles. The molecule has 0 fully saturated rings. The number of aromatic nitrogens is 1. The summed E-state index contributed by atoms with van der Waals surface area (Å²) in [6, 6.07) is 20.9. The van der Waals surface area contributed by atoms with Gasteiger partial charge in [0.05, 0.1) is 0 Å². The van der Waals surface area contributed by atoms with Gasteiger partial charge in [0.2, 0.25) is 0 Å². The summed E-state index contributed by atoms with van der Waals surface area (Å²) in [7, 11) is 0. The lowest BCUT2D eigenvalue weighted by molar-refractivity contribution is 0.729. The number of hydrogen-bond acceptors (Lipinski definition) is 4. The van der Waals surface area contributed by atoms with Crippen LogP contribution in [0.25, 0.3) is 11.1 Å². The van der Waals surface area contributed by atoms with Crippen LogP contribution in [0.2, 0.25) is 0 Å². The van der Waals surface area contributed by atoms with Gasteiger partial charge in [-0.1, -0.05) is 48.5 Å². The number of benzene rings is 2. The Balaban J connectivity index is 1.48. The molecule has 0 aliphatic heterocycles. The first-order valence-corrected chi connectivity index (χ1v) is 9.46. The molecule has 0 unspecified atom stereocenters. The highest BCUT2D eigenvalue weighted by Gasteiger charge is 2.02. The Morgan fingerprint density at radius 2 is 1.72 bits per heavy atom. The lowest BCUT2D eigenvalue weighted by Gasteiger charge is -2.09. The predicted octanol–water partition coefficient (Wildman–Crippen LogP) is 4.09. The van der Waals surface area contributed by atoms with Crippen LogP contribution in [0.15, 0.2) is 78.0 Å². The topological polar surface area (TPSA) is 50.9 Å². The van der Waals surface area contributed by atoms with Crippen LogP contribution in [0.5, 0.6) is 0 Å². The summed E-state index contributed by atoms with van der Waals surface area (Å²) in [5, 5.41) is 3.50. The van der Waals surface area contributed by atoms with Crippen molar-refractivity contribution in [2.45, 2.75) is 18.0 Å². The number of pyridine rings is 1. The smallest absolute Gasteiger partial charge is 0.0346 e. The minimum Gasteiger partial charge on any atom is -0.326 e. The summed E-state index contributed by atoms with van der Waals surface area (Å²) in [4.78, 5) is 5.65. The van der Waals surface area contributed by atoms with Crippen molar-refractivity contribution >= 4 is 11.8 Å². The highest BCUT2D eigenvalue weighted by molar-refractivity contribution is 7.99. The van der Waals surface area contributed by atoms with Crippen molar-refractivity contribution in [1.29, 1.82) is 0 Å². The molecule has 0 saturated carbocycles. The quantitative estimate of drug-likeness (QED) is 0.475. The molecule has 0 amide bonds. The third-order valence-corrected chi connectivity index (χ3v) is 5.08. The monoisotopic (exact) mass is 349 g/mol. The number of nitrogens with two attached hydrogens (primary N) is 1. The van der Waals surface area contributed by atoms with Gasteiger partial charge >= 0.3 is 0 Å². The van der Waals surface area contributed by atoms with Gasteiger partial charge in [0, 0.05) is 48.2 Å². The zero-order valence-corrected chi connectivity index (χ0v) is 15.0. The second-order valence-corrected chi connectivity index (χ2v) is 6.92. The molecule has 0 saturated heterocycles.